The first-order valence-corrected chi connectivity index (χ1v) is 15.1. The quantitative estimate of drug-likeness (QED) is 0.419. The normalized spacial score (nSPS) is 21.7. The number of carbonyl (C=O) groups is 2. The monoisotopic (exact) mass is 546 g/mol. The van der Waals surface area contributed by atoms with Gasteiger partial charge in [0.25, 0.3) is 5.91 Å². The van der Waals surface area contributed by atoms with Gasteiger partial charge in [0.2, 0.25) is 11.9 Å². The maximum Gasteiger partial charge on any atom is 0.251 e. The summed E-state index contributed by atoms with van der Waals surface area (Å²) in [6.07, 6.45) is 13.1. The summed E-state index contributed by atoms with van der Waals surface area (Å²) in [5.74, 6) is 0.875. The molecule has 1 unspecified atom stereocenters. The van der Waals surface area contributed by atoms with Crippen LogP contribution in [0.25, 0.3) is 11.0 Å². The van der Waals surface area contributed by atoms with E-state index < -0.39 is 0 Å². The second kappa shape index (κ2) is 12.2. The highest BCUT2D eigenvalue weighted by Crippen LogP contribution is 2.36. The molecular weight excluding hydrogens is 500 g/mol. The van der Waals surface area contributed by atoms with E-state index >= 15 is 0 Å². The van der Waals surface area contributed by atoms with Gasteiger partial charge in [0.1, 0.15) is 0 Å². The van der Waals surface area contributed by atoms with E-state index in [4.69, 9.17) is 4.98 Å². The summed E-state index contributed by atoms with van der Waals surface area (Å²) >= 11 is 0. The second-order valence-corrected chi connectivity index (χ2v) is 12.5. The first-order chi connectivity index (χ1) is 19.2. The van der Waals surface area contributed by atoms with Gasteiger partial charge in [0.05, 0.1) is 11.0 Å². The first kappa shape index (κ1) is 28.4. The molecule has 1 saturated carbocycles. The number of imidazole rings is 1. The highest BCUT2D eigenvalue weighted by Gasteiger charge is 2.34. The van der Waals surface area contributed by atoms with Crippen molar-refractivity contribution in [3.05, 3.63) is 46.7 Å². The molecule has 1 aliphatic heterocycles. The Hall–Kier alpha value is -3.13. The number of amides is 2. The number of piperidine rings is 1. The lowest BCUT2D eigenvalue weighted by molar-refractivity contribution is -0.131. The van der Waals surface area contributed by atoms with Crippen molar-refractivity contribution in [1.82, 2.24) is 25.1 Å². The fourth-order valence-corrected chi connectivity index (χ4v) is 6.42. The van der Waals surface area contributed by atoms with E-state index in [-0.39, 0.29) is 17.2 Å². The molecule has 0 bridgehead atoms. The van der Waals surface area contributed by atoms with Crippen LogP contribution >= 0.6 is 0 Å². The zero-order valence-electron chi connectivity index (χ0n) is 24.7. The number of likely N-dealkylation sites (tertiary alicyclic amines) is 1. The number of aromatic nitrogens is 2. The Bertz CT molecular complexity index is 1320. The summed E-state index contributed by atoms with van der Waals surface area (Å²) in [7, 11) is 4.13. The molecule has 5 rings (SSSR count). The van der Waals surface area contributed by atoms with Gasteiger partial charge in [-0.25, -0.2) is 4.98 Å². The Kier molecular flexibility index (Phi) is 8.64. The first-order valence-electron chi connectivity index (χ1n) is 15.1. The molecule has 40 heavy (non-hydrogen) atoms. The van der Waals surface area contributed by atoms with E-state index in [1.807, 2.05) is 29.8 Å². The number of allylic oxidation sites excluding steroid dienone is 2. The van der Waals surface area contributed by atoms with E-state index in [0.717, 1.165) is 74.2 Å². The van der Waals surface area contributed by atoms with Gasteiger partial charge < -0.3 is 25.4 Å². The van der Waals surface area contributed by atoms with Crippen molar-refractivity contribution in [3.63, 3.8) is 0 Å². The minimum atomic E-state index is -0.227. The molecule has 3 N–H and O–H groups in total. The van der Waals surface area contributed by atoms with Gasteiger partial charge in [-0.1, -0.05) is 32.6 Å². The molecule has 216 valence electrons. The number of benzene rings is 1. The Balaban J connectivity index is 1.24. The van der Waals surface area contributed by atoms with Gasteiger partial charge in [-0.3, -0.25) is 9.59 Å². The molecule has 2 aliphatic carbocycles. The highest BCUT2D eigenvalue weighted by molar-refractivity contribution is 5.97. The van der Waals surface area contributed by atoms with Crippen LogP contribution in [0.3, 0.4) is 0 Å². The molecule has 8 heteroatoms. The smallest absolute Gasteiger partial charge is 0.251 e. The van der Waals surface area contributed by atoms with Gasteiger partial charge in [-0.2, -0.15) is 0 Å². The van der Waals surface area contributed by atoms with Crippen LogP contribution in [0.4, 0.5) is 5.95 Å². The lowest BCUT2D eigenvalue weighted by atomic mass is 9.75. The topological polar surface area (TPSA) is 91.3 Å². The third-order valence-corrected chi connectivity index (χ3v) is 9.42. The van der Waals surface area contributed by atoms with Crippen LogP contribution in [-0.4, -0.2) is 59.0 Å². The Morgan fingerprint density at radius 3 is 2.62 bits per heavy atom. The van der Waals surface area contributed by atoms with E-state index in [1.165, 1.54) is 30.4 Å². The lowest BCUT2D eigenvalue weighted by Gasteiger charge is -2.32. The number of hydrogen-bond acceptors (Lipinski definition) is 5. The van der Waals surface area contributed by atoms with Gasteiger partial charge >= 0.3 is 0 Å². The van der Waals surface area contributed by atoms with Crippen molar-refractivity contribution >= 4 is 28.8 Å². The average molecular weight is 547 g/mol. The van der Waals surface area contributed by atoms with Crippen molar-refractivity contribution < 1.29 is 9.59 Å². The maximum absolute atomic E-state index is 12.9. The number of hydrogen-bond donors (Lipinski definition) is 3. The van der Waals surface area contributed by atoms with Crippen LogP contribution in [0, 0.1) is 5.41 Å². The SMILES string of the molecule is CC1=C(Nc2nc3cc(C(=O)NCC4CCCCN4C)ccc3n2C)C=C(CNC(=O)C2(C)CCCCC2)CC1. The molecule has 1 aromatic heterocycles. The number of rotatable bonds is 8. The van der Waals surface area contributed by atoms with Crippen LogP contribution in [0.2, 0.25) is 0 Å². The van der Waals surface area contributed by atoms with E-state index in [9.17, 15) is 9.59 Å². The molecule has 2 aromatic rings. The van der Waals surface area contributed by atoms with Gasteiger partial charge in [0.15, 0.2) is 0 Å². The van der Waals surface area contributed by atoms with Gasteiger partial charge in [-0.05, 0) is 94.5 Å². The minimum Gasteiger partial charge on any atom is -0.352 e. The number of aryl methyl sites for hydroxylation is 1. The molecular formula is C32H46N6O2. The molecule has 2 amide bonds. The molecule has 3 aliphatic rings. The number of nitrogens with zero attached hydrogens (tertiary/aromatic N) is 3. The van der Waals surface area contributed by atoms with Crippen LogP contribution in [0.1, 0.15) is 88.4 Å². The van der Waals surface area contributed by atoms with Crippen LogP contribution in [0.15, 0.2) is 41.1 Å². The van der Waals surface area contributed by atoms with Crippen molar-refractivity contribution in [2.45, 2.75) is 84.1 Å². The number of nitrogens with one attached hydrogen (secondary N) is 3. The zero-order valence-corrected chi connectivity index (χ0v) is 24.7. The number of carbonyl (C=O) groups excluding carboxylic acids is 2. The second-order valence-electron chi connectivity index (χ2n) is 12.5. The fourth-order valence-electron chi connectivity index (χ4n) is 6.42. The molecule has 1 aromatic carbocycles. The molecule has 1 saturated heterocycles. The predicted octanol–water partition coefficient (Wildman–Crippen LogP) is 5.28. The molecule has 2 fully saturated rings. The maximum atomic E-state index is 12.9. The Labute approximate surface area is 238 Å². The van der Waals surface area contributed by atoms with Crippen LogP contribution in [0.5, 0.6) is 0 Å². The summed E-state index contributed by atoms with van der Waals surface area (Å²) in [5.41, 5.74) is 5.70. The summed E-state index contributed by atoms with van der Waals surface area (Å²) in [6, 6.07) is 6.14. The highest BCUT2D eigenvalue weighted by atomic mass is 16.2. The van der Waals surface area contributed by atoms with Gasteiger partial charge in [-0.15, -0.1) is 0 Å². The van der Waals surface area contributed by atoms with E-state index in [0.29, 0.717) is 24.7 Å². The third kappa shape index (κ3) is 6.27. The van der Waals surface area contributed by atoms with Gasteiger partial charge in [0, 0.05) is 42.9 Å². The standard InChI is InChI=1S/C32H46N6O2/c1-22-11-12-23(20-34-30(40)32(2)15-7-5-8-16-32)18-26(22)35-31-36-27-19-24(13-14-28(27)38(31)4)29(39)33-21-25-10-6-9-17-37(25)3/h13-14,18-19,25H,5-12,15-17,20-21H2,1-4H3,(H,33,39)(H,34,40)(H,35,36). The minimum absolute atomic E-state index is 0.0522. The predicted molar refractivity (Wildman–Crippen MR) is 161 cm³/mol. The largest absolute Gasteiger partial charge is 0.352 e. The molecule has 0 spiro atoms. The molecule has 8 nitrogen and oxygen atoms in total. The Morgan fingerprint density at radius 1 is 1.05 bits per heavy atom. The zero-order chi connectivity index (χ0) is 28.3. The molecule has 0 radical (unpaired) electrons. The van der Waals surface area contributed by atoms with E-state index in [1.54, 1.807) is 0 Å². The summed E-state index contributed by atoms with van der Waals surface area (Å²) < 4.78 is 2.03. The fraction of sp³-hybridized carbons (Fsp3) is 0.594. The third-order valence-electron chi connectivity index (χ3n) is 9.42. The lowest BCUT2D eigenvalue weighted by Crippen LogP contribution is -2.44. The van der Waals surface area contributed by atoms with Crippen molar-refractivity contribution in [2.75, 3.05) is 32.0 Å². The Morgan fingerprint density at radius 2 is 1.85 bits per heavy atom. The summed E-state index contributed by atoms with van der Waals surface area (Å²) in [5, 5.41) is 9.89. The van der Waals surface area contributed by atoms with Crippen molar-refractivity contribution in [1.29, 1.82) is 0 Å². The summed E-state index contributed by atoms with van der Waals surface area (Å²) in [4.78, 5) is 33.1. The summed E-state index contributed by atoms with van der Waals surface area (Å²) in [6.45, 7) is 6.61. The van der Waals surface area contributed by atoms with Crippen molar-refractivity contribution in [2.24, 2.45) is 12.5 Å². The molecule has 1 atom stereocenters. The van der Waals surface area contributed by atoms with Crippen LogP contribution in [-0.2, 0) is 11.8 Å². The number of anilines is 1. The number of fused-ring (bicyclic) bond motifs is 1. The van der Waals surface area contributed by atoms with Crippen LogP contribution < -0.4 is 16.0 Å². The average Bonchev–Trinajstić information content (AvgIpc) is 3.27. The number of likely N-dealkylation sites (N-methyl/N-ethyl adjacent to an activating group) is 1. The van der Waals surface area contributed by atoms with E-state index in [2.05, 4.69) is 47.8 Å². The molecule has 2 heterocycles. The van der Waals surface area contributed by atoms with Crippen molar-refractivity contribution in [3.8, 4) is 0 Å².